The van der Waals surface area contributed by atoms with Crippen LogP contribution in [0.3, 0.4) is 0 Å². The molecule has 0 aliphatic heterocycles. The first-order valence-corrected chi connectivity index (χ1v) is 4.59. The molecule has 0 bridgehead atoms. The summed E-state index contributed by atoms with van der Waals surface area (Å²) in [4.78, 5) is 19.6. The summed E-state index contributed by atoms with van der Waals surface area (Å²) in [6, 6.07) is 0. The van der Waals surface area contributed by atoms with Crippen molar-refractivity contribution in [1.82, 2.24) is 0 Å². The highest BCUT2D eigenvalue weighted by Gasteiger charge is 2.53. The predicted octanol–water partition coefficient (Wildman–Crippen LogP) is 2.04. The zero-order valence-electron chi connectivity index (χ0n) is 8.27. The average molecular weight is 203 g/mol. The molecule has 0 aliphatic rings. The number of nitrogens with zero attached hydrogens (tertiary/aromatic N) is 2. The van der Waals surface area contributed by atoms with Crippen LogP contribution in [0, 0.1) is 27.2 Å². The molecule has 0 heterocycles. The van der Waals surface area contributed by atoms with Gasteiger partial charge in [-0.15, -0.1) is 0 Å². The summed E-state index contributed by atoms with van der Waals surface area (Å²) >= 11 is 0. The molecule has 6 heteroatoms. The van der Waals surface area contributed by atoms with E-state index in [0.717, 1.165) is 12.8 Å². The lowest BCUT2D eigenvalue weighted by Crippen LogP contribution is -2.45. The van der Waals surface area contributed by atoms with Gasteiger partial charge in [0.1, 0.15) is 0 Å². The van der Waals surface area contributed by atoms with Crippen LogP contribution in [0.2, 0.25) is 0 Å². The van der Waals surface area contributed by atoms with Crippen molar-refractivity contribution >= 4 is 0 Å². The van der Waals surface area contributed by atoms with E-state index in [1.807, 2.05) is 6.92 Å². The van der Waals surface area contributed by atoms with E-state index < -0.39 is 15.5 Å². The Labute approximate surface area is 82.6 Å². The summed E-state index contributed by atoms with van der Waals surface area (Å²) in [7, 11) is 0. The minimum absolute atomic E-state index is 0.0374. The quantitative estimate of drug-likeness (QED) is 0.274. The van der Waals surface area contributed by atoms with Crippen molar-refractivity contribution in [3.8, 4) is 0 Å². The monoisotopic (exact) mass is 203 g/mol. The van der Waals surface area contributed by atoms with Gasteiger partial charge in [-0.1, -0.05) is 19.8 Å². The molecule has 0 aromatic rings. The molecule has 0 fully saturated rings. The Hall–Kier alpha value is -1.20. The highest BCUT2D eigenvalue weighted by molar-refractivity contribution is 4.68. The van der Waals surface area contributed by atoms with Crippen LogP contribution in [0.4, 0.5) is 0 Å². The standard InChI is InChI=1S/C8H15N2O4/c1-3-5-6-7-8(4-2,9(11)12)10(13)14/h2-7H2,1H3. The van der Waals surface area contributed by atoms with Gasteiger partial charge < -0.3 is 0 Å². The molecule has 0 aromatic heterocycles. The van der Waals surface area contributed by atoms with Crippen LogP contribution in [0.25, 0.3) is 0 Å². The summed E-state index contributed by atoms with van der Waals surface area (Å²) in [5, 5.41) is 21.2. The van der Waals surface area contributed by atoms with Crippen LogP contribution in [-0.4, -0.2) is 15.5 Å². The highest BCUT2D eigenvalue weighted by Crippen LogP contribution is 2.23. The zero-order valence-corrected chi connectivity index (χ0v) is 8.27. The van der Waals surface area contributed by atoms with E-state index in [0.29, 0.717) is 6.42 Å². The van der Waals surface area contributed by atoms with Crippen molar-refractivity contribution in [1.29, 1.82) is 0 Å². The minimum Gasteiger partial charge on any atom is -0.258 e. The third-order valence-corrected chi connectivity index (χ3v) is 2.26. The predicted molar refractivity (Wildman–Crippen MR) is 50.8 cm³/mol. The zero-order chi connectivity index (χ0) is 11.2. The average Bonchev–Trinajstić information content (AvgIpc) is 2.11. The van der Waals surface area contributed by atoms with Crippen molar-refractivity contribution in [3.05, 3.63) is 27.2 Å². The molecule has 0 aliphatic carbocycles. The van der Waals surface area contributed by atoms with Crippen molar-refractivity contribution < 1.29 is 9.85 Å². The highest BCUT2D eigenvalue weighted by atomic mass is 16.7. The Morgan fingerprint density at radius 3 is 2.00 bits per heavy atom. The first-order chi connectivity index (χ1) is 6.51. The summed E-state index contributed by atoms with van der Waals surface area (Å²) in [6.07, 6.45) is 1.79. The number of rotatable bonds is 7. The first kappa shape index (κ1) is 12.8. The van der Waals surface area contributed by atoms with Gasteiger partial charge in [-0.05, 0) is 13.3 Å². The SMILES string of the molecule is [CH2]CC(CCCCC)([N+](=O)[O-])[N+](=O)[O-]. The summed E-state index contributed by atoms with van der Waals surface area (Å²) in [5.41, 5.74) is -2.07. The van der Waals surface area contributed by atoms with E-state index in [1.54, 1.807) is 0 Å². The second-order valence-corrected chi connectivity index (χ2v) is 3.20. The lowest BCUT2D eigenvalue weighted by atomic mass is 10.0. The molecule has 0 unspecified atom stereocenters. The smallest absolute Gasteiger partial charge is 0.258 e. The molecular formula is C8H15N2O4. The molecule has 0 atom stereocenters. The molecule has 0 aromatic carbocycles. The maximum absolute atomic E-state index is 10.6. The van der Waals surface area contributed by atoms with Crippen LogP contribution in [0.15, 0.2) is 0 Å². The number of unbranched alkanes of at least 4 members (excludes halogenated alkanes) is 2. The fraction of sp³-hybridized carbons (Fsp3) is 0.875. The molecule has 0 saturated heterocycles. The molecule has 81 valence electrons. The van der Waals surface area contributed by atoms with Gasteiger partial charge in [0, 0.05) is 0 Å². The minimum atomic E-state index is -2.07. The van der Waals surface area contributed by atoms with Gasteiger partial charge in [-0.25, -0.2) is 0 Å². The van der Waals surface area contributed by atoms with E-state index >= 15 is 0 Å². The maximum atomic E-state index is 10.6. The molecule has 0 saturated carbocycles. The second kappa shape index (κ2) is 5.51. The lowest BCUT2D eigenvalue weighted by molar-refractivity contribution is -0.797. The Kier molecular flexibility index (Phi) is 5.04. The van der Waals surface area contributed by atoms with Gasteiger partial charge in [0.05, 0.1) is 22.7 Å². The van der Waals surface area contributed by atoms with E-state index in [-0.39, 0.29) is 12.8 Å². The van der Waals surface area contributed by atoms with Crippen molar-refractivity contribution in [3.63, 3.8) is 0 Å². The fourth-order valence-corrected chi connectivity index (χ4v) is 1.21. The summed E-state index contributed by atoms with van der Waals surface area (Å²) in [6.45, 7) is 5.23. The number of nitro groups is 2. The van der Waals surface area contributed by atoms with Crippen molar-refractivity contribution in [2.75, 3.05) is 0 Å². The van der Waals surface area contributed by atoms with Gasteiger partial charge in [0.25, 0.3) is 0 Å². The molecule has 0 N–H and O–H groups in total. The molecule has 1 radical (unpaired) electrons. The van der Waals surface area contributed by atoms with E-state index in [4.69, 9.17) is 0 Å². The molecule has 14 heavy (non-hydrogen) atoms. The lowest BCUT2D eigenvalue weighted by Gasteiger charge is -2.14. The number of hydrogen-bond donors (Lipinski definition) is 0. The fourth-order valence-electron chi connectivity index (χ4n) is 1.21. The van der Waals surface area contributed by atoms with Gasteiger partial charge in [-0.3, -0.25) is 20.2 Å². The molecular weight excluding hydrogens is 188 g/mol. The van der Waals surface area contributed by atoms with Crippen LogP contribution < -0.4 is 0 Å². The Balaban J connectivity index is 4.52. The molecule has 0 amide bonds. The second-order valence-electron chi connectivity index (χ2n) is 3.20. The largest absolute Gasteiger partial charge is 0.458 e. The summed E-state index contributed by atoms with van der Waals surface area (Å²) in [5.74, 6) is 0. The summed E-state index contributed by atoms with van der Waals surface area (Å²) < 4.78 is 0. The molecule has 0 rings (SSSR count). The van der Waals surface area contributed by atoms with Gasteiger partial charge in [0.2, 0.25) is 0 Å². The van der Waals surface area contributed by atoms with Gasteiger partial charge in [-0.2, -0.15) is 0 Å². The maximum Gasteiger partial charge on any atom is 0.458 e. The Morgan fingerprint density at radius 1 is 1.21 bits per heavy atom. The van der Waals surface area contributed by atoms with Gasteiger partial charge >= 0.3 is 5.66 Å². The van der Waals surface area contributed by atoms with Crippen LogP contribution in [0.5, 0.6) is 0 Å². The van der Waals surface area contributed by atoms with Crippen molar-refractivity contribution in [2.45, 2.75) is 44.7 Å². The van der Waals surface area contributed by atoms with E-state index in [2.05, 4.69) is 6.92 Å². The van der Waals surface area contributed by atoms with Crippen LogP contribution in [-0.2, 0) is 0 Å². The molecule has 6 nitrogen and oxygen atoms in total. The van der Waals surface area contributed by atoms with Crippen molar-refractivity contribution in [2.24, 2.45) is 0 Å². The third kappa shape index (κ3) is 2.65. The van der Waals surface area contributed by atoms with Crippen LogP contribution >= 0.6 is 0 Å². The Morgan fingerprint density at radius 2 is 1.71 bits per heavy atom. The first-order valence-electron chi connectivity index (χ1n) is 4.59. The van der Waals surface area contributed by atoms with Gasteiger partial charge in [0.15, 0.2) is 0 Å². The van der Waals surface area contributed by atoms with E-state index in [1.165, 1.54) is 0 Å². The normalized spacial score (nSPS) is 11.3. The Bertz CT molecular complexity index is 203. The number of hydrogen-bond acceptors (Lipinski definition) is 4. The van der Waals surface area contributed by atoms with E-state index in [9.17, 15) is 20.2 Å². The third-order valence-electron chi connectivity index (χ3n) is 2.26. The van der Waals surface area contributed by atoms with Crippen LogP contribution in [0.1, 0.15) is 39.0 Å². The topological polar surface area (TPSA) is 86.3 Å². The molecule has 0 spiro atoms.